The maximum Gasteiger partial charge on any atom is 0.166 e. The molecule has 0 spiro atoms. The van der Waals surface area contributed by atoms with Gasteiger partial charge in [-0.05, 0) is 45.1 Å². The summed E-state index contributed by atoms with van der Waals surface area (Å²) in [7, 11) is 3.51. The third-order valence-electron chi connectivity index (χ3n) is 5.16. The maximum atomic E-state index is 14.9. The van der Waals surface area contributed by atoms with Gasteiger partial charge in [0.1, 0.15) is 5.78 Å². The average molecular weight is 460 g/mol. The Bertz CT molecular complexity index is 843. The zero-order valence-electron chi connectivity index (χ0n) is 16.1. The van der Waals surface area contributed by atoms with Gasteiger partial charge >= 0.3 is 0 Å². The Kier molecular flexibility index (Phi) is 7.04. The van der Waals surface area contributed by atoms with E-state index in [1.165, 1.54) is 0 Å². The first-order valence-corrected chi connectivity index (χ1v) is 9.64. The third-order valence-corrected chi connectivity index (χ3v) is 5.68. The number of hydrogen-bond donors (Lipinski definition) is 0. The Morgan fingerprint density at radius 1 is 1.07 bits per heavy atom. The summed E-state index contributed by atoms with van der Waals surface area (Å²) >= 11 is 3.29. The van der Waals surface area contributed by atoms with E-state index in [4.69, 9.17) is 0 Å². The lowest BCUT2D eigenvalue weighted by molar-refractivity contribution is -0.123. The Labute approximate surface area is 170 Å². The van der Waals surface area contributed by atoms with Gasteiger partial charge in [0.05, 0.1) is 5.41 Å². The van der Waals surface area contributed by atoms with Gasteiger partial charge in [-0.15, -0.1) is 0 Å². The van der Waals surface area contributed by atoms with Gasteiger partial charge in [0.25, 0.3) is 0 Å². The Morgan fingerprint density at radius 2 is 1.57 bits per heavy atom. The number of hydrogen-bond acceptors (Lipinski definition) is 2. The van der Waals surface area contributed by atoms with Gasteiger partial charge in [0.15, 0.2) is 23.3 Å². The van der Waals surface area contributed by atoms with Crippen LogP contribution in [0.25, 0.3) is 0 Å². The largest absolute Gasteiger partial charge is 0.307 e. The smallest absolute Gasteiger partial charge is 0.166 e. The number of rotatable bonds is 7. The monoisotopic (exact) mass is 459 g/mol. The molecule has 0 N–H and O–H groups in total. The fourth-order valence-corrected chi connectivity index (χ4v) is 3.65. The zero-order valence-corrected chi connectivity index (χ0v) is 17.7. The molecule has 0 radical (unpaired) electrons. The summed E-state index contributed by atoms with van der Waals surface area (Å²) in [4.78, 5) is 15.0. The fourth-order valence-electron chi connectivity index (χ4n) is 3.39. The van der Waals surface area contributed by atoms with E-state index in [1.807, 2.05) is 0 Å². The molecule has 0 saturated carbocycles. The van der Waals surface area contributed by atoms with E-state index in [-0.39, 0.29) is 30.5 Å². The third kappa shape index (κ3) is 4.01. The number of carbonyl (C=O) groups excluding carboxylic acids is 1. The molecule has 0 aliphatic heterocycles. The standard InChI is InChI=1S/C21H22BrF4NO/c1-5-17(28)21(11-12(2)27(3)4,13-6-8-14(22)9-7-13)18-19(25)15(23)10-16(24)20(18)26/h6-10,12H,5,11H2,1-4H3/t12-,21?/m0/s1. The summed E-state index contributed by atoms with van der Waals surface area (Å²) < 4.78 is 58.6. The maximum absolute atomic E-state index is 14.9. The first-order valence-electron chi connectivity index (χ1n) is 8.85. The van der Waals surface area contributed by atoms with Crippen LogP contribution in [0.5, 0.6) is 0 Å². The van der Waals surface area contributed by atoms with E-state index >= 15 is 0 Å². The molecule has 0 aromatic heterocycles. The molecule has 0 bridgehead atoms. The number of benzene rings is 2. The van der Waals surface area contributed by atoms with Crippen molar-refractivity contribution in [3.05, 3.63) is 69.2 Å². The summed E-state index contributed by atoms with van der Waals surface area (Å²) in [6.45, 7) is 3.34. The van der Waals surface area contributed by atoms with Gasteiger partial charge in [-0.1, -0.05) is 35.0 Å². The molecule has 0 amide bonds. The summed E-state index contributed by atoms with van der Waals surface area (Å²) in [5, 5.41) is 0. The number of ketones is 1. The highest BCUT2D eigenvalue weighted by Gasteiger charge is 2.47. The van der Waals surface area contributed by atoms with Crippen LogP contribution in [0.2, 0.25) is 0 Å². The molecule has 152 valence electrons. The summed E-state index contributed by atoms with van der Waals surface area (Å²) in [6.07, 6.45) is -0.113. The highest BCUT2D eigenvalue weighted by Crippen LogP contribution is 2.43. The second-order valence-electron chi connectivity index (χ2n) is 7.05. The molecule has 0 heterocycles. The second kappa shape index (κ2) is 8.74. The molecule has 0 saturated heterocycles. The predicted octanol–water partition coefficient (Wildman–Crippen LogP) is 5.61. The van der Waals surface area contributed by atoms with Gasteiger partial charge in [-0.2, -0.15) is 0 Å². The van der Waals surface area contributed by atoms with E-state index < -0.39 is 40.0 Å². The number of nitrogens with zero attached hydrogens (tertiary/aromatic N) is 1. The van der Waals surface area contributed by atoms with E-state index in [2.05, 4.69) is 15.9 Å². The van der Waals surface area contributed by atoms with E-state index in [0.717, 1.165) is 0 Å². The number of halogens is 5. The van der Waals surface area contributed by atoms with Gasteiger partial charge in [-0.25, -0.2) is 17.6 Å². The van der Waals surface area contributed by atoms with Gasteiger partial charge in [0.2, 0.25) is 0 Å². The van der Waals surface area contributed by atoms with Crippen LogP contribution in [0.1, 0.15) is 37.8 Å². The molecule has 7 heteroatoms. The highest BCUT2D eigenvalue weighted by atomic mass is 79.9. The molecule has 2 rings (SSSR count). The summed E-state index contributed by atoms with van der Waals surface area (Å²) in [5.41, 5.74) is -2.48. The van der Waals surface area contributed by atoms with Crippen molar-refractivity contribution in [2.45, 2.75) is 38.1 Å². The van der Waals surface area contributed by atoms with Crippen molar-refractivity contribution < 1.29 is 22.4 Å². The lowest BCUT2D eigenvalue weighted by atomic mass is 9.66. The van der Waals surface area contributed by atoms with Crippen molar-refractivity contribution in [3.63, 3.8) is 0 Å². The fraction of sp³-hybridized carbons (Fsp3) is 0.381. The van der Waals surface area contributed by atoms with Gasteiger partial charge in [0, 0.05) is 28.6 Å². The molecule has 2 aromatic rings. The van der Waals surface area contributed by atoms with Crippen LogP contribution in [0.4, 0.5) is 17.6 Å². The van der Waals surface area contributed by atoms with Crippen LogP contribution in [-0.2, 0) is 10.2 Å². The van der Waals surface area contributed by atoms with Crippen molar-refractivity contribution in [3.8, 4) is 0 Å². The van der Waals surface area contributed by atoms with E-state index in [9.17, 15) is 22.4 Å². The first-order chi connectivity index (χ1) is 13.1. The minimum absolute atomic E-state index is 0.0506. The van der Waals surface area contributed by atoms with Crippen LogP contribution in [0.15, 0.2) is 34.8 Å². The second-order valence-corrected chi connectivity index (χ2v) is 7.96. The normalized spacial score (nSPS) is 14.8. The van der Waals surface area contributed by atoms with Crippen molar-refractivity contribution >= 4 is 21.7 Å². The SMILES string of the molecule is CCC(=O)C(C[C@H](C)N(C)C)(c1ccc(Br)cc1)c1c(F)c(F)cc(F)c1F. The topological polar surface area (TPSA) is 20.3 Å². The molecule has 0 aliphatic rings. The molecule has 0 fully saturated rings. The summed E-state index contributed by atoms with van der Waals surface area (Å²) in [5.74, 6) is -6.68. The molecule has 2 aromatic carbocycles. The Hall–Kier alpha value is -1.73. The first kappa shape index (κ1) is 22.6. The van der Waals surface area contributed by atoms with Crippen LogP contribution in [0.3, 0.4) is 0 Å². The van der Waals surface area contributed by atoms with Crippen LogP contribution in [-0.4, -0.2) is 30.8 Å². The molecular formula is C21H22BrF4NO. The predicted molar refractivity (Wildman–Crippen MR) is 104 cm³/mol. The molecule has 2 atom stereocenters. The number of Topliss-reactive ketones (excluding diaryl/α,β-unsaturated/α-hetero) is 1. The average Bonchev–Trinajstić information content (AvgIpc) is 2.65. The summed E-state index contributed by atoms with van der Waals surface area (Å²) in [6, 6.07) is 6.18. The Morgan fingerprint density at radius 3 is 2.00 bits per heavy atom. The van der Waals surface area contributed by atoms with E-state index in [0.29, 0.717) is 4.47 Å². The molecular weight excluding hydrogens is 438 g/mol. The number of carbonyl (C=O) groups is 1. The quantitative estimate of drug-likeness (QED) is 0.396. The minimum atomic E-state index is -1.88. The highest BCUT2D eigenvalue weighted by molar-refractivity contribution is 9.10. The van der Waals surface area contributed by atoms with Crippen LogP contribution < -0.4 is 0 Å². The lowest BCUT2D eigenvalue weighted by Gasteiger charge is -2.38. The van der Waals surface area contributed by atoms with Crippen LogP contribution >= 0.6 is 15.9 Å². The molecule has 2 nitrogen and oxygen atoms in total. The van der Waals surface area contributed by atoms with Gasteiger partial charge < -0.3 is 4.90 Å². The zero-order chi connectivity index (χ0) is 21.2. The minimum Gasteiger partial charge on any atom is -0.307 e. The lowest BCUT2D eigenvalue weighted by Crippen LogP contribution is -2.44. The molecule has 1 unspecified atom stereocenters. The van der Waals surface area contributed by atoms with Gasteiger partial charge in [-0.3, -0.25) is 4.79 Å². The van der Waals surface area contributed by atoms with Crippen LogP contribution in [0, 0.1) is 23.3 Å². The van der Waals surface area contributed by atoms with Crippen molar-refractivity contribution in [1.82, 2.24) is 4.90 Å². The van der Waals surface area contributed by atoms with Crippen molar-refractivity contribution in [2.75, 3.05) is 14.1 Å². The van der Waals surface area contributed by atoms with Crippen molar-refractivity contribution in [1.29, 1.82) is 0 Å². The Balaban J connectivity index is 2.96. The molecule has 28 heavy (non-hydrogen) atoms. The van der Waals surface area contributed by atoms with E-state index in [1.54, 1.807) is 57.1 Å². The van der Waals surface area contributed by atoms with Crippen molar-refractivity contribution in [2.24, 2.45) is 0 Å². The molecule has 0 aliphatic carbocycles.